The third-order valence-electron chi connectivity index (χ3n) is 3.40. The Kier molecular flexibility index (Phi) is 4.57. The summed E-state index contributed by atoms with van der Waals surface area (Å²) in [7, 11) is 0. The van der Waals surface area contributed by atoms with Crippen molar-refractivity contribution < 1.29 is 19.1 Å². The molecule has 2 aromatic carbocycles. The predicted molar refractivity (Wildman–Crippen MR) is 90.7 cm³/mol. The van der Waals surface area contributed by atoms with Crippen molar-refractivity contribution in [1.29, 1.82) is 0 Å². The molecule has 7 heteroatoms. The van der Waals surface area contributed by atoms with Crippen LogP contribution in [-0.2, 0) is 9.59 Å². The van der Waals surface area contributed by atoms with Gasteiger partial charge in [-0.3, -0.25) is 9.59 Å². The van der Waals surface area contributed by atoms with Crippen molar-refractivity contribution in [2.45, 2.75) is 13.0 Å². The van der Waals surface area contributed by atoms with Crippen LogP contribution in [0, 0.1) is 0 Å². The smallest absolute Gasteiger partial charge is 0.265 e. The molecule has 2 N–H and O–H groups in total. The minimum Gasteiger partial charge on any atom is -0.482 e. The van der Waals surface area contributed by atoms with Crippen molar-refractivity contribution in [1.82, 2.24) is 0 Å². The Hall–Kier alpha value is -2.73. The molecule has 0 saturated carbocycles. The van der Waals surface area contributed by atoms with Gasteiger partial charge in [0.05, 0.1) is 16.4 Å². The van der Waals surface area contributed by atoms with Crippen molar-refractivity contribution in [2.24, 2.45) is 0 Å². The predicted octanol–water partition coefficient (Wildman–Crippen LogP) is 3.08. The summed E-state index contributed by atoms with van der Waals surface area (Å²) in [5.74, 6) is 0.446. The van der Waals surface area contributed by atoms with Gasteiger partial charge in [0.25, 0.3) is 11.8 Å². The van der Waals surface area contributed by atoms with Crippen molar-refractivity contribution in [3.63, 3.8) is 0 Å². The number of fused-ring (bicyclic) bond motifs is 1. The van der Waals surface area contributed by atoms with Crippen LogP contribution in [0.5, 0.6) is 11.5 Å². The first-order valence-corrected chi connectivity index (χ1v) is 7.69. The SMILES string of the molecule is CC(Oc1ccc2c(c1)NC(=O)CO2)C(=O)Nc1ccccc1Cl. The van der Waals surface area contributed by atoms with E-state index in [1.807, 2.05) is 0 Å². The molecule has 1 unspecified atom stereocenters. The molecule has 1 heterocycles. The molecule has 1 aliphatic rings. The minimum absolute atomic E-state index is 0.0101. The van der Waals surface area contributed by atoms with Gasteiger partial charge in [0.15, 0.2) is 12.7 Å². The molecule has 0 aromatic heterocycles. The molecule has 0 aliphatic carbocycles. The molecule has 0 fully saturated rings. The van der Waals surface area contributed by atoms with Gasteiger partial charge in [-0.25, -0.2) is 0 Å². The van der Waals surface area contributed by atoms with Gasteiger partial charge in [-0.1, -0.05) is 23.7 Å². The molecule has 1 atom stereocenters. The van der Waals surface area contributed by atoms with Gasteiger partial charge < -0.3 is 20.1 Å². The van der Waals surface area contributed by atoms with Crippen LogP contribution >= 0.6 is 11.6 Å². The number of amides is 2. The van der Waals surface area contributed by atoms with E-state index < -0.39 is 6.10 Å². The number of carbonyl (C=O) groups is 2. The molecule has 0 spiro atoms. The van der Waals surface area contributed by atoms with Crippen LogP contribution in [0.25, 0.3) is 0 Å². The molecule has 3 rings (SSSR count). The molecule has 0 bridgehead atoms. The van der Waals surface area contributed by atoms with Crippen molar-refractivity contribution in [2.75, 3.05) is 17.2 Å². The molecule has 0 radical (unpaired) electrons. The minimum atomic E-state index is -0.750. The standard InChI is InChI=1S/C17H15ClN2O4/c1-10(17(22)20-13-5-3-2-4-12(13)18)24-11-6-7-15-14(8-11)19-16(21)9-23-15/h2-8,10H,9H2,1H3,(H,19,21)(H,20,22). The van der Waals surface area contributed by atoms with E-state index in [4.69, 9.17) is 21.1 Å². The van der Waals surface area contributed by atoms with Gasteiger partial charge in [0, 0.05) is 6.07 Å². The van der Waals surface area contributed by atoms with Gasteiger partial charge >= 0.3 is 0 Å². The van der Waals surface area contributed by atoms with Crippen molar-refractivity contribution >= 4 is 34.8 Å². The maximum absolute atomic E-state index is 12.2. The average Bonchev–Trinajstić information content (AvgIpc) is 2.56. The lowest BCUT2D eigenvalue weighted by molar-refractivity contribution is -0.122. The van der Waals surface area contributed by atoms with E-state index in [-0.39, 0.29) is 18.4 Å². The number of anilines is 2. The number of hydrogen-bond acceptors (Lipinski definition) is 4. The molecular formula is C17H15ClN2O4. The summed E-state index contributed by atoms with van der Waals surface area (Å²) in [6.07, 6.45) is -0.750. The summed E-state index contributed by atoms with van der Waals surface area (Å²) in [6.45, 7) is 1.62. The highest BCUT2D eigenvalue weighted by molar-refractivity contribution is 6.33. The summed E-state index contributed by atoms with van der Waals surface area (Å²) in [5.41, 5.74) is 1.04. The maximum Gasteiger partial charge on any atom is 0.265 e. The third kappa shape index (κ3) is 3.60. The van der Waals surface area contributed by atoms with Crippen molar-refractivity contribution in [3.8, 4) is 11.5 Å². The summed E-state index contributed by atoms with van der Waals surface area (Å²) < 4.78 is 10.9. The molecule has 24 heavy (non-hydrogen) atoms. The molecule has 1 aliphatic heterocycles. The fraction of sp³-hybridized carbons (Fsp3) is 0.176. The fourth-order valence-electron chi connectivity index (χ4n) is 2.19. The number of halogens is 1. The highest BCUT2D eigenvalue weighted by atomic mass is 35.5. The van der Waals surface area contributed by atoms with Crippen LogP contribution in [0.2, 0.25) is 5.02 Å². The summed E-state index contributed by atoms with van der Waals surface area (Å²) in [4.78, 5) is 23.6. The van der Waals surface area contributed by atoms with E-state index in [1.165, 1.54) is 0 Å². The first-order valence-electron chi connectivity index (χ1n) is 7.31. The Morgan fingerprint density at radius 3 is 2.92 bits per heavy atom. The van der Waals surface area contributed by atoms with Crippen LogP contribution < -0.4 is 20.1 Å². The first-order chi connectivity index (χ1) is 11.5. The number of ether oxygens (including phenoxy) is 2. The number of benzene rings is 2. The zero-order chi connectivity index (χ0) is 17.1. The van der Waals surface area contributed by atoms with E-state index in [2.05, 4.69) is 10.6 Å². The molecule has 0 saturated heterocycles. The van der Waals surface area contributed by atoms with Gasteiger partial charge in [0.1, 0.15) is 11.5 Å². The lowest BCUT2D eigenvalue weighted by Gasteiger charge is -2.20. The molecule has 2 aromatic rings. The number of para-hydroxylation sites is 1. The quantitative estimate of drug-likeness (QED) is 0.892. The Labute approximate surface area is 143 Å². The highest BCUT2D eigenvalue weighted by Gasteiger charge is 2.19. The van der Waals surface area contributed by atoms with Crippen LogP contribution in [0.1, 0.15) is 6.92 Å². The summed E-state index contributed by atoms with van der Waals surface area (Å²) >= 11 is 6.02. The number of rotatable bonds is 4. The fourth-order valence-corrected chi connectivity index (χ4v) is 2.37. The van der Waals surface area contributed by atoms with Crippen LogP contribution in [-0.4, -0.2) is 24.5 Å². The second-order valence-corrected chi connectivity index (χ2v) is 5.63. The van der Waals surface area contributed by atoms with Gasteiger partial charge in [-0.15, -0.1) is 0 Å². The van der Waals surface area contributed by atoms with Crippen LogP contribution in [0.15, 0.2) is 42.5 Å². The zero-order valence-electron chi connectivity index (χ0n) is 12.8. The Balaban J connectivity index is 1.67. The third-order valence-corrected chi connectivity index (χ3v) is 3.73. The molecule has 6 nitrogen and oxygen atoms in total. The molecule has 124 valence electrons. The topological polar surface area (TPSA) is 76.7 Å². The normalized spacial score (nSPS) is 14.0. The van der Waals surface area contributed by atoms with Crippen LogP contribution in [0.4, 0.5) is 11.4 Å². The van der Waals surface area contributed by atoms with Gasteiger partial charge in [-0.2, -0.15) is 0 Å². The summed E-state index contributed by atoms with van der Waals surface area (Å²) in [5, 5.41) is 5.85. The van der Waals surface area contributed by atoms with E-state index in [9.17, 15) is 9.59 Å². The molecular weight excluding hydrogens is 332 g/mol. The van der Waals surface area contributed by atoms with Gasteiger partial charge in [-0.05, 0) is 31.2 Å². The van der Waals surface area contributed by atoms with E-state index in [0.717, 1.165) is 0 Å². The Morgan fingerprint density at radius 2 is 2.12 bits per heavy atom. The van der Waals surface area contributed by atoms with E-state index in [0.29, 0.717) is 27.9 Å². The first kappa shape index (κ1) is 16.1. The second kappa shape index (κ2) is 6.80. The average molecular weight is 347 g/mol. The maximum atomic E-state index is 12.2. The Bertz CT molecular complexity index is 794. The number of carbonyl (C=O) groups excluding carboxylic acids is 2. The van der Waals surface area contributed by atoms with E-state index in [1.54, 1.807) is 49.4 Å². The molecule has 2 amide bonds. The lowest BCUT2D eigenvalue weighted by atomic mass is 10.2. The van der Waals surface area contributed by atoms with E-state index >= 15 is 0 Å². The number of hydrogen-bond donors (Lipinski definition) is 2. The lowest BCUT2D eigenvalue weighted by Crippen LogP contribution is -2.30. The van der Waals surface area contributed by atoms with Crippen LogP contribution in [0.3, 0.4) is 0 Å². The number of nitrogens with one attached hydrogen (secondary N) is 2. The second-order valence-electron chi connectivity index (χ2n) is 5.22. The largest absolute Gasteiger partial charge is 0.482 e. The zero-order valence-corrected chi connectivity index (χ0v) is 13.6. The van der Waals surface area contributed by atoms with Crippen molar-refractivity contribution in [3.05, 3.63) is 47.5 Å². The Morgan fingerprint density at radius 1 is 1.33 bits per heavy atom. The van der Waals surface area contributed by atoms with Gasteiger partial charge in [0.2, 0.25) is 0 Å². The highest BCUT2D eigenvalue weighted by Crippen LogP contribution is 2.32. The summed E-state index contributed by atoms with van der Waals surface area (Å²) in [6, 6.07) is 11.9. The monoisotopic (exact) mass is 346 g/mol.